The maximum absolute atomic E-state index is 14.6. The van der Waals surface area contributed by atoms with Gasteiger partial charge in [0.05, 0.1) is 22.2 Å². The van der Waals surface area contributed by atoms with Crippen LogP contribution in [-0.4, -0.2) is 35.0 Å². The molecule has 1 saturated carbocycles. The van der Waals surface area contributed by atoms with E-state index in [4.69, 9.17) is 0 Å². The second-order valence-corrected chi connectivity index (χ2v) is 8.93. The van der Waals surface area contributed by atoms with Crippen LogP contribution < -0.4 is 16.0 Å². The van der Waals surface area contributed by atoms with E-state index in [-0.39, 0.29) is 23.2 Å². The average Bonchev–Trinajstić information content (AvgIpc) is 3.25. The van der Waals surface area contributed by atoms with Gasteiger partial charge in [-0.2, -0.15) is 0 Å². The van der Waals surface area contributed by atoms with Crippen LogP contribution in [0.2, 0.25) is 0 Å². The minimum Gasteiger partial charge on any atom is -0.351 e. The number of piperidine rings is 1. The van der Waals surface area contributed by atoms with Crippen LogP contribution in [0.25, 0.3) is 10.6 Å². The SMILES string of the molecule is Cc1c(-c2nc(NC3CCNCC3C)ncc2F)sc2c1C(=O)NC21CC1. The smallest absolute Gasteiger partial charge is 0.253 e. The van der Waals surface area contributed by atoms with Crippen LogP contribution in [0, 0.1) is 18.7 Å². The van der Waals surface area contributed by atoms with Gasteiger partial charge >= 0.3 is 0 Å². The number of hydrogen-bond acceptors (Lipinski definition) is 6. The molecule has 1 amide bonds. The zero-order chi connectivity index (χ0) is 18.8. The number of nitrogens with one attached hydrogen (secondary N) is 3. The summed E-state index contributed by atoms with van der Waals surface area (Å²) in [5, 5.41) is 9.82. The highest BCUT2D eigenvalue weighted by Gasteiger charge is 2.54. The lowest BCUT2D eigenvalue weighted by Gasteiger charge is -2.30. The van der Waals surface area contributed by atoms with Gasteiger partial charge in [-0.25, -0.2) is 14.4 Å². The van der Waals surface area contributed by atoms with Crippen molar-refractivity contribution in [2.45, 2.75) is 44.7 Å². The fourth-order valence-electron chi connectivity index (χ4n) is 4.15. The molecule has 3 aliphatic rings. The summed E-state index contributed by atoms with van der Waals surface area (Å²) in [6.07, 6.45) is 4.12. The molecule has 3 N–H and O–H groups in total. The summed E-state index contributed by atoms with van der Waals surface area (Å²) >= 11 is 1.49. The van der Waals surface area contributed by atoms with E-state index >= 15 is 0 Å². The zero-order valence-corrected chi connectivity index (χ0v) is 16.2. The molecule has 4 heterocycles. The van der Waals surface area contributed by atoms with Crippen LogP contribution in [0.15, 0.2) is 6.20 Å². The Hall–Kier alpha value is -2.06. The summed E-state index contributed by atoms with van der Waals surface area (Å²) in [6, 6.07) is 0.263. The van der Waals surface area contributed by atoms with Crippen LogP contribution >= 0.6 is 11.3 Å². The largest absolute Gasteiger partial charge is 0.351 e. The van der Waals surface area contributed by atoms with Crippen LogP contribution in [0.3, 0.4) is 0 Å². The van der Waals surface area contributed by atoms with E-state index < -0.39 is 5.82 Å². The fourth-order valence-corrected chi connectivity index (χ4v) is 5.65. The number of fused-ring (bicyclic) bond motifs is 2. The quantitative estimate of drug-likeness (QED) is 0.755. The highest BCUT2D eigenvalue weighted by molar-refractivity contribution is 7.16. The maximum atomic E-state index is 14.6. The number of thiophene rings is 1. The first-order valence-electron chi connectivity index (χ1n) is 9.45. The zero-order valence-electron chi connectivity index (χ0n) is 15.4. The molecule has 0 aromatic carbocycles. The predicted octanol–water partition coefficient (Wildman–Crippen LogP) is 2.80. The third-order valence-corrected chi connectivity index (χ3v) is 7.47. The molecule has 8 heteroatoms. The predicted molar refractivity (Wildman–Crippen MR) is 102 cm³/mol. The number of amides is 1. The van der Waals surface area contributed by atoms with Crippen LogP contribution in [0.1, 0.15) is 47.0 Å². The second kappa shape index (κ2) is 5.97. The maximum Gasteiger partial charge on any atom is 0.253 e. The number of hydrogen-bond donors (Lipinski definition) is 3. The molecule has 6 nitrogen and oxygen atoms in total. The molecule has 2 aromatic heterocycles. The molecule has 2 aromatic rings. The highest BCUT2D eigenvalue weighted by Crippen LogP contribution is 2.55. The van der Waals surface area contributed by atoms with Crippen molar-refractivity contribution in [3.63, 3.8) is 0 Å². The van der Waals surface area contributed by atoms with E-state index in [1.165, 1.54) is 17.5 Å². The molecule has 2 unspecified atom stereocenters. The summed E-state index contributed by atoms with van der Waals surface area (Å²) in [6.45, 7) is 5.95. The van der Waals surface area contributed by atoms with E-state index in [2.05, 4.69) is 32.8 Å². The summed E-state index contributed by atoms with van der Waals surface area (Å²) < 4.78 is 14.6. The molecule has 1 spiro atoms. The van der Waals surface area contributed by atoms with Crippen molar-refractivity contribution in [2.24, 2.45) is 5.92 Å². The molecule has 5 rings (SSSR count). The van der Waals surface area contributed by atoms with Gasteiger partial charge in [0.25, 0.3) is 5.91 Å². The molecule has 27 heavy (non-hydrogen) atoms. The molecular formula is C19H22FN5OS. The number of aromatic nitrogens is 2. The Kier molecular flexibility index (Phi) is 3.77. The van der Waals surface area contributed by atoms with Crippen molar-refractivity contribution < 1.29 is 9.18 Å². The Morgan fingerprint density at radius 1 is 1.41 bits per heavy atom. The van der Waals surface area contributed by atoms with Gasteiger partial charge in [-0.15, -0.1) is 11.3 Å². The van der Waals surface area contributed by atoms with Crippen molar-refractivity contribution >= 4 is 23.2 Å². The normalized spacial score (nSPS) is 25.4. The van der Waals surface area contributed by atoms with Gasteiger partial charge in [-0.3, -0.25) is 4.79 Å². The van der Waals surface area contributed by atoms with Gasteiger partial charge < -0.3 is 16.0 Å². The van der Waals surface area contributed by atoms with E-state index in [0.29, 0.717) is 17.4 Å². The van der Waals surface area contributed by atoms with Gasteiger partial charge in [-0.05, 0) is 50.8 Å². The molecular weight excluding hydrogens is 365 g/mol. The van der Waals surface area contributed by atoms with Crippen LogP contribution in [-0.2, 0) is 5.54 Å². The lowest BCUT2D eigenvalue weighted by molar-refractivity contribution is 0.0952. The third kappa shape index (κ3) is 2.65. The number of carbonyl (C=O) groups is 1. The highest BCUT2D eigenvalue weighted by atomic mass is 32.1. The first-order chi connectivity index (χ1) is 13.0. The molecule has 1 aliphatic carbocycles. The molecule has 2 atom stereocenters. The number of anilines is 1. The van der Waals surface area contributed by atoms with Crippen molar-refractivity contribution in [1.29, 1.82) is 0 Å². The fraction of sp³-hybridized carbons (Fsp3) is 0.526. The summed E-state index contributed by atoms with van der Waals surface area (Å²) in [5.41, 5.74) is 1.62. The standard InChI is InChI=1S/C19H22FN5OS/c1-9-7-21-6-3-12(9)23-18-22-8-11(20)14(24-18)15-10(2)13-16(27-15)19(4-5-19)25-17(13)26/h8-9,12,21H,3-7H2,1-2H3,(H,25,26)(H,22,23,24). The first kappa shape index (κ1) is 17.1. The Labute approximate surface area is 161 Å². The number of carbonyl (C=O) groups excluding carboxylic acids is 1. The lowest BCUT2D eigenvalue weighted by atomic mass is 9.95. The van der Waals surface area contributed by atoms with Crippen molar-refractivity contribution in [1.82, 2.24) is 20.6 Å². The first-order valence-corrected chi connectivity index (χ1v) is 10.3. The Bertz CT molecular complexity index is 938. The summed E-state index contributed by atoms with van der Waals surface area (Å²) in [5.74, 6) is 0.399. The number of nitrogens with zero attached hydrogens (tertiary/aromatic N) is 2. The second-order valence-electron chi connectivity index (χ2n) is 7.91. The van der Waals surface area contributed by atoms with Crippen molar-refractivity contribution in [3.05, 3.63) is 28.0 Å². The minimum atomic E-state index is -0.452. The molecule has 142 valence electrons. The van der Waals surface area contributed by atoms with Gasteiger partial charge in [-0.1, -0.05) is 6.92 Å². The molecule has 1 saturated heterocycles. The number of rotatable bonds is 3. The number of halogens is 1. The Balaban J connectivity index is 1.51. The van der Waals surface area contributed by atoms with Gasteiger partial charge in [0.2, 0.25) is 5.95 Å². The Morgan fingerprint density at radius 2 is 2.22 bits per heavy atom. The van der Waals surface area contributed by atoms with Crippen LogP contribution in [0.5, 0.6) is 0 Å². The monoisotopic (exact) mass is 387 g/mol. The van der Waals surface area contributed by atoms with Gasteiger partial charge in [0.1, 0.15) is 5.69 Å². The van der Waals surface area contributed by atoms with Crippen molar-refractivity contribution in [2.75, 3.05) is 18.4 Å². The van der Waals surface area contributed by atoms with E-state index in [9.17, 15) is 9.18 Å². The lowest BCUT2D eigenvalue weighted by Crippen LogP contribution is -2.42. The topological polar surface area (TPSA) is 78.9 Å². The molecule has 2 fully saturated rings. The van der Waals surface area contributed by atoms with Crippen molar-refractivity contribution in [3.8, 4) is 10.6 Å². The summed E-state index contributed by atoms with van der Waals surface area (Å²) in [4.78, 5) is 22.8. The van der Waals surface area contributed by atoms with Crippen LogP contribution in [0.4, 0.5) is 10.3 Å². The Morgan fingerprint density at radius 3 is 2.96 bits per heavy atom. The van der Waals surface area contributed by atoms with Gasteiger partial charge in [0.15, 0.2) is 5.82 Å². The third-order valence-electron chi connectivity index (χ3n) is 5.97. The molecule has 2 aliphatic heterocycles. The average molecular weight is 387 g/mol. The minimum absolute atomic E-state index is 0.0427. The van der Waals surface area contributed by atoms with E-state index in [0.717, 1.165) is 47.7 Å². The van der Waals surface area contributed by atoms with Gasteiger partial charge in [0, 0.05) is 10.9 Å². The molecule has 0 bridgehead atoms. The molecule has 0 radical (unpaired) electrons. The van der Waals surface area contributed by atoms with E-state index in [1.54, 1.807) is 0 Å². The van der Waals surface area contributed by atoms with E-state index in [1.807, 2.05) is 6.92 Å². The summed E-state index contributed by atoms with van der Waals surface area (Å²) in [7, 11) is 0.